The third-order valence-electron chi connectivity index (χ3n) is 3.59. The molecule has 0 radical (unpaired) electrons. The average molecular weight is 373 g/mol. The molecule has 7 heteroatoms. The number of aromatic nitrogens is 3. The van der Waals surface area contributed by atoms with Crippen molar-refractivity contribution in [2.75, 3.05) is 6.54 Å². The largest absolute Gasteiger partial charge is 0.355 e. The summed E-state index contributed by atoms with van der Waals surface area (Å²) in [5.74, 6) is 0.817. The summed E-state index contributed by atoms with van der Waals surface area (Å²) in [6.07, 6.45) is 0.922. The summed E-state index contributed by atoms with van der Waals surface area (Å²) in [6, 6.07) is 14.0. The van der Waals surface area contributed by atoms with Crippen LogP contribution in [0.1, 0.15) is 20.3 Å². The third-order valence-corrected chi connectivity index (χ3v) is 5.50. The van der Waals surface area contributed by atoms with Gasteiger partial charge < -0.3 is 5.32 Å². The quantitative estimate of drug-likeness (QED) is 0.637. The monoisotopic (exact) mass is 372 g/mol. The maximum Gasteiger partial charge on any atom is 0.233 e. The van der Waals surface area contributed by atoms with E-state index in [4.69, 9.17) is 0 Å². The molecule has 3 rings (SSSR count). The predicted molar refractivity (Wildman–Crippen MR) is 103 cm³/mol. The van der Waals surface area contributed by atoms with Gasteiger partial charge in [0.1, 0.15) is 0 Å². The fourth-order valence-electron chi connectivity index (χ4n) is 2.33. The second kappa shape index (κ2) is 8.31. The van der Waals surface area contributed by atoms with Crippen molar-refractivity contribution in [2.24, 2.45) is 0 Å². The molecular formula is C18H20N4OS2. The highest BCUT2D eigenvalue weighted by Gasteiger charge is 2.21. The Kier molecular flexibility index (Phi) is 5.88. The first kappa shape index (κ1) is 17.7. The zero-order valence-electron chi connectivity index (χ0n) is 14.2. The molecule has 2 aromatic heterocycles. The van der Waals surface area contributed by atoms with Crippen LogP contribution in [0.4, 0.5) is 0 Å². The predicted octanol–water partition coefficient (Wildman–Crippen LogP) is 4.00. The van der Waals surface area contributed by atoms with Crippen LogP contribution < -0.4 is 5.32 Å². The third kappa shape index (κ3) is 4.11. The van der Waals surface area contributed by atoms with Crippen molar-refractivity contribution >= 4 is 29.0 Å². The second-order valence-corrected chi connectivity index (χ2v) is 7.76. The summed E-state index contributed by atoms with van der Waals surface area (Å²) in [7, 11) is 0. The number of para-hydroxylation sites is 1. The Morgan fingerprint density at radius 1 is 1.24 bits per heavy atom. The van der Waals surface area contributed by atoms with Crippen LogP contribution in [-0.4, -0.2) is 32.5 Å². The molecule has 0 aliphatic heterocycles. The normalized spacial score (nSPS) is 12.1. The van der Waals surface area contributed by atoms with E-state index in [2.05, 4.69) is 15.5 Å². The SMILES string of the molecule is CCCNC(=O)C(C)Sc1nnc(-c2cccs2)n1-c1ccccc1. The van der Waals surface area contributed by atoms with E-state index in [1.807, 2.05) is 66.3 Å². The summed E-state index contributed by atoms with van der Waals surface area (Å²) < 4.78 is 2.01. The van der Waals surface area contributed by atoms with E-state index in [0.717, 1.165) is 22.8 Å². The molecule has 25 heavy (non-hydrogen) atoms. The molecule has 1 amide bonds. The van der Waals surface area contributed by atoms with Gasteiger partial charge in [0.25, 0.3) is 0 Å². The van der Waals surface area contributed by atoms with Gasteiger partial charge in [0.2, 0.25) is 5.91 Å². The van der Waals surface area contributed by atoms with E-state index in [1.165, 1.54) is 11.8 Å². The van der Waals surface area contributed by atoms with Gasteiger partial charge >= 0.3 is 0 Å². The summed E-state index contributed by atoms with van der Waals surface area (Å²) in [6.45, 7) is 4.62. The van der Waals surface area contributed by atoms with E-state index in [-0.39, 0.29) is 11.2 Å². The Hall–Kier alpha value is -2.12. The zero-order valence-corrected chi connectivity index (χ0v) is 15.8. The molecule has 0 bridgehead atoms. The van der Waals surface area contributed by atoms with Gasteiger partial charge in [-0.3, -0.25) is 9.36 Å². The van der Waals surface area contributed by atoms with Crippen LogP contribution >= 0.6 is 23.1 Å². The van der Waals surface area contributed by atoms with E-state index in [9.17, 15) is 4.79 Å². The smallest absolute Gasteiger partial charge is 0.233 e. The number of benzene rings is 1. The van der Waals surface area contributed by atoms with E-state index >= 15 is 0 Å². The topological polar surface area (TPSA) is 59.8 Å². The molecule has 130 valence electrons. The van der Waals surface area contributed by atoms with Crippen molar-refractivity contribution in [1.82, 2.24) is 20.1 Å². The number of thioether (sulfide) groups is 1. The summed E-state index contributed by atoms with van der Waals surface area (Å²) in [4.78, 5) is 13.2. The molecule has 3 aromatic rings. The van der Waals surface area contributed by atoms with Gasteiger partial charge in [0.05, 0.1) is 10.1 Å². The van der Waals surface area contributed by atoms with Crippen molar-refractivity contribution in [3.05, 3.63) is 47.8 Å². The Morgan fingerprint density at radius 3 is 2.72 bits per heavy atom. The van der Waals surface area contributed by atoms with E-state index in [0.29, 0.717) is 11.7 Å². The maximum atomic E-state index is 12.2. The highest BCUT2D eigenvalue weighted by Crippen LogP contribution is 2.31. The average Bonchev–Trinajstić information content (AvgIpc) is 3.29. The Balaban J connectivity index is 1.93. The molecule has 0 saturated carbocycles. The van der Waals surface area contributed by atoms with Crippen LogP contribution in [0, 0.1) is 0 Å². The molecule has 2 heterocycles. The lowest BCUT2D eigenvalue weighted by atomic mass is 10.3. The Morgan fingerprint density at radius 2 is 2.04 bits per heavy atom. The van der Waals surface area contributed by atoms with Gasteiger partial charge in [-0.1, -0.05) is 43.0 Å². The minimum absolute atomic E-state index is 0.0205. The van der Waals surface area contributed by atoms with Crippen molar-refractivity contribution < 1.29 is 4.79 Å². The van der Waals surface area contributed by atoms with Gasteiger partial charge in [-0.25, -0.2) is 0 Å². The van der Waals surface area contributed by atoms with Gasteiger partial charge in [-0.2, -0.15) is 0 Å². The fourth-order valence-corrected chi connectivity index (χ4v) is 3.92. The molecule has 0 spiro atoms. The number of amides is 1. The molecule has 0 aliphatic rings. The highest BCUT2D eigenvalue weighted by molar-refractivity contribution is 8.00. The standard InChI is InChI=1S/C18H20N4OS2/c1-3-11-19-17(23)13(2)25-18-21-20-16(15-10-7-12-24-15)22(18)14-8-5-4-6-9-14/h4-10,12-13H,3,11H2,1-2H3,(H,19,23). The minimum atomic E-state index is -0.241. The number of rotatable bonds is 7. The van der Waals surface area contributed by atoms with Crippen molar-refractivity contribution in [3.63, 3.8) is 0 Å². The lowest BCUT2D eigenvalue weighted by Gasteiger charge is -2.13. The molecule has 0 aliphatic carbocycles. The fraction of sp³-hybridized carbons (Fsp3) is 0.278. The first-order chi connectivity index (χ1) is 12.2. The number of hydrogen-bond donors (Lipinski definition) is 1. The number of nitrogens with zero attached hydrogens (tertiary/aromatic N) is 3. The number of carbonyl (C=O) groups is 1. The first-order valence-corrected chi connectivity index (χ1v) is 9.95. The minimum Gasteiger partial charge on any atom is -0.355 e. The maximum absolute atomic E-state index is 12.2. The molecule has 0 saturated heterocycles. The van der Waals surface area contributed by atoms with Crippen LogP contribution in [0.25, 0.3) is 16.4 Å². The van der Waals surface area contributed by atoms with Gasteiger partial charge in [-0.05, 0) is 36.9 Å². The summed E-state index contributed by atoms with van der Waals surface area (Å²) in [5.41, 5.74) is 0.986. The molecule has 1 N–H and O–H groups in total. The van der Waals surface area contributed by atoms with Crippen LogP contribution in [0.5, 0.6) is 0 Å². The van der Waals surface area contributed by atoms with Gasteiger partial charge in [0, 0.05) is 12.2 Å². The zero-order chi connectivity index (χ0) is 17.6. The number of hydrogen-bond acceptors (Lipinski definition) is 5. The summed E-state index contributed by atoms with van der Waals surface area (Å²) in [5, 5.41) is 14.2. The van der Waals surface area contributed by atoms with Crippen LogP contribution in [0.15, 0.2) is 53.0 Å². The van der Waals surface area contributed by atoms with Crippen molar-refractivity contribution in [3.8, 4) is 16.4 Å². The molecule has 1 atom stereocenters. The van der Waals surface area contributed by atoms with Crippen LogP contribution in [0.3, 0.4) is 0 Å². The Bertz CT molecular complexity index is 815. The molecule has 1 unspecified atom stereocenters. The molecule has 5 nitrogen and oxygen atoms in total. The van der Waals surface area contributed by atoms with Crippen molar-refractivity contribution in [2.45, 2.75) is 30.7 Å². The molecule has 0 fully saturated rings. The van der Waals surface area contributed by atoms with Gasteiger partial charge in [0.15, 0.2) is 11.0 Å². The lowest BCUT2D eigenvalue weighted by Crippen LogP contribution is -2.31. The first-order valence-electron chi connectivity index (χ1n) is 8.19. The summed E-state index contributed by atoms with van der Waals surface area (Å²) >= 11 is 3.05. The second-order valence-electron chi connectivity index (χ2n) is 5.51. The van der Waals surface area contributed by atoms with E-state index in [1.54, 1.807) is 11.3 Å². The van der Waals surface area contributed by atoms with Crippen LogP contribution in [-0.2, 0) is 4.79 Å². The number of nitrogens with one attached hydrogen (secondary N) is 1. The van der Waals surface area contributed by atoms with E-state index < -0.39 is 0 Å². The van der Waals surface area contributed by atoms with Crippen molar-refractivity contribution in [1.29, 1.82) is 0 Å². The highest BCUT2D eigenvalue weighted by atomic mass is 32.2. The van der Waals surface area contributed by atoms with Gasteiger partial charge in [-0.15, -0.1) is 21.5 Å². The van der Waals surface area contributed by atoms with Crippen LogP contribution in [0.2, 0.25) is 0 Å². The molecule has 1 aromatic carbocycles. The lowest BCUT2D eigenvalue weighted by molar-refractivity contribution is -0.120. The molecular weight excluding hydrogens is 352 g/mol. The number of carbonyl (C=O) groups excluding carboxylic acids is 1. The number of thiophene rings is 1. The Labute approximate surface area is 155 Å².